The molecule has 0 heterocycles. The van der Waals surface area contributed by atoms with Crippen molar-refractivity contribution in [2.24, 2.45) is 5.92 Å². The first-order chi connectivity index (χ1) is 8.33. The van der Waals surface area contributed by atoms with Crippen molar-refractivity contribution in [1.29, 1.82) is 0 Å². The van der Waals surface area contributed by atoms with Crippen LogP contribution in [0.4, 0.5) is 0 Å². The number of unbranched alkanes of at least 4 members (excludes halogenated alkanes) is 1. The fourth-order valence-electron chi connectivity index (χ4n) is 2.01. The van der Waals surface area contributed by atoms with E-state index < -0.39 is 0 Å². The lowest BCUT2D eigenvalue weighted by Gasteiger charge is -2.20. The van der Waals surface area contributed by atoms with Gasteiger partial charge in [-0.15, -0.1) is 0 Å². The van der Waals surface area contributed by atoms with Crippen LogP contribution in [-0.4, -0.2) is 19.2 Å². The minimum atomic E-state index is -0.304. The van der Waals surface area contributed by atoms with Crippen molar-refractivity contribution < 1.29 is 14.3 Å². The number of rotatable bonds is 7. The Balaban J connectivity index is 2.02. The van der Waals surface area contributed by atoms with Crippen LogP contribution in [0.2, 0.25) is 0 Å². The second-order valence-electron chi connectivity index (χ2n) is 4.66. The second-order valence-corrected chi connectivity index (χ2v) is 4.66. The van der Waals surface area contributed by atoms with Crippen molar-refractivity contribution in [1.82, 2.24) is 0 Å². The van der Waals surface area contributed by atoms with E-state index in [-0.39, 0.29) is 5.97 Å². The van der Waals surface area contributed by atoms with Gasteiger partial charge in [0.15, 0.2) is 0 Å². The van der Waals surface area contributed by atoms with Crippen LogP contribution in [0.25, 0.3) is 0 Å². The number of ether oxygens (including phenoxy) is 2. The number of hydrogen-bond donors (Lipinski definition) is 0. The maximum Gasteiger partial charge on any atom is 0.333 e. The van der Waals surface area contributed by atoms with Gasteiger partial charge in [0.1, 0.15) is 0 Å². The van der Waals surface area contributed by atoms with E-state index in [4.69, 9.17) is 9.47 Å². The molecule has 3 nitrogen and oxygen atoms in total. The normalized spacial score (nSPS) is 17.2. The molecule has 0 bridgehead atoms. The Morgan fingerprint density at radius 1 is 1.29 bits per heavy atom. The van der Waals surface area contributed by atoms with Gasteiger partial charge < -0.3 is 9.47 Å². The summed E-state index contributed by atoms with van der Waals surface area (Å²) in [5, 5.41) is 0. The summed E-state index contributed by atoms with van der Waals surface area (Å²) in [7, 11) is 0. The lowest BCUT2D eigenvalue weighted by molar-refractivity contribution is -0.138. The number of hydrogen-bond acceptors (Lipinski definition) is 3. The van der Waals surface area contributed by atoms with Crippen LogP contribution in [0.1, 0.15) is 51.9 Å². The molecule has 0 aromatic heterocycles. The molecule has 0 radical (unpaired) electrons. The van der Waals surface area contributed by atoms with E-state index in [0.717, 1.165) is 19.4 Å². The molecular formula is C14H24O3. The minimum absolute atomic E-state index is 0.304. The molecule has 1 rings (SSSR count). The third kappa shape index (κ3) is 7.03. The van der Waals surface area contributed by atoms with Crippen LogP contribution >= 0.6 is 0 Å². The van der Waals surface area contributed by atoms with Gasteiger partial charge in [0.25, 0.3) is 0 Å². The van der Waals surface area contributed by atoms with Crippen LogP contribution in [0.5, 0.6) is 0 Å². The standard InChI is InChI=1S/C14H24O3/c1-2-3-10-17-14(15)9-11-16-12-13-7-5-4-6-8-13/h9,11,13H,2-8,10,12H2,1H3/b11-9+. The molecular weight excluding hydrogens is 216 g/mol. The van der Waals surface area contributed by atoms with Crippen molar-refractivity contribution in [2.45, 2.75) is 51.9 Å². The Hall–Kier alpha value is -0.990. The molecule has 0 saturated heterocycles. The van der Waals surface area contributed by atoms with Gasteiger partial charge >= 0.3 is 5.97 Å². The topological polar surface area (TPSA) is 35.5 Å². The second kappa shape index (κ2) is 9.08. The molecule has 98 valence electrons. The Morgan fingerprint density at radius 3 is 2.76 bits per heavy atom. The Kier molecular flexibility index (Phi) is 7.52. The Labute approximate surface area is 104 Å². The molecule has 1 aliphatic rings. The quantitative estimate of drug-likeness (QED) is 0.296. The average Bonchev–Trinajstić information content (AvgIpc) is 2.36. The van der Waals surface area contributed by atoms with Crippen LogP contribution in [0.3, 0.4) is 0 Å². The highest BCUT2D eigenvalue weighted by Gasteiger charge is 2.12. The minimum Gasteiger partial charge on any atom is -0.501 e. The van der Waals surface area contributed by atoms with Crippen LogP contribution in [0.15, 0.2) is 12.3 Å². The molecule has 0 aromatic carbocycles. The lowest BCUT2D eigenvalue weighted by atomic mass is 9.90. The molecule has 1 saturated carbocycles. The fraction of sp³-hybridized carbons (Fsp3) is 0.786. The Morgan fingerprint density at radius 2 is 2.06 bits per heavy atom. The van der Waals surface area contributed by atoms with Gasteiger partial charge in [-0.3, -0.25) is 0 Å². The van der Waals surface area contributed by atoms with Crippen LogP contribution < -0.4 is 0 Å². The summed E-state index contributed by atoms with van der Waals surface area (Å²) in [6.45, 7) is 3.30. The molecule has 17 heavy (non-hydrogen) atoms. The predicted octanol–water partition coefficient (Wildman–Crippen LogP) is 3.44. The SMILES string of the molecule is CCCCOC(=O)/C=C/OCC1CCCCC1. The zero-order valence-corrected chi connectivity index (χ0v) is 10.8. The van der Waals surface area contributed by atoms with Crippen molar-refractivity contribution >= 4 is 5.97 Å². The first kappa shape index (κ1) is 14.1. The molecule has 1 aliphatic carbocycles. The zero-order valence-electron chi connectivity index (χ0n) is 10.8. The summed E-state index contributed by atoms with van der Waals surface area (Å²) in [5.74, 6) is 0.367. The van der Waals surface area contributed by atoms with Crippen LogP contribution in [0, 0.1) is 5.92 Å². The summed E-state index contributed by atoms with van der Waals surface area (Å²) >= 11 is 0. The third-order valence-electron chi connectivity index (χ3n) is 3.10. The van der Waals surface area contributed by atoms with Gasteiger partial charge in [-0.05, 0) is 25.2 Å². The highest BCUT2D eigenvalue weighted by Crippen LogP contribution is 2.23. The summed E-state index contributed by atoms with van der Waals surface area (Å²) in [5.41, 5.74) is 0. The molecule has 1 fully saturated rings. The van der Waals surface area contributed by atoms with Crippen LogP contribution in [-0.2, 0) is 14.3 Å². The van der Waals surface area contributed by atoms with E-state index in [1.807, 2.05) is 0 Å². The first-order valence-corrected chi connectivity index (χ1v) is 6.78. The highest BCUT2D eigenvalue weighted by atomic mass is 16.5. The van der Waals surface area contributed by atoms with E-state index in [1.54, 1.807) is 0 Å². The van der Waals surface area contributed by atoms with Gasteiger partial charge in [-0.1, -0.05) is 32.6 Å². The number of carbonyl (C=O) groups excluding carboxylic acids is 1. The van der Waals surface area contributed by atoms with E-state index in [9.17, 15) is 4.79 Å². The largest absolute Gasteiger partial charge is 0.501 e. The molecule has 3 heteroatoms. The lowest BCUT2D eigenvalue weighted by Crippen LogP contribution is -2.11. The van der Waals surface area contributed by atoms with Gasteiger partial charge in [-0.25, -0.2) is 4.79 Å². The van der Waals surface area contributed by atoms with Gasteiger partial charge in [0.05, 0.1) is 25.6 Å². The van der Waals surface area contributed by atoms with Gasteiger partial charge in [0.2, 0.25) is 0 Å². The average molecular weight is 240 g/mol. The number of esters is 1. The zero-order chi connectivity index (χ0) is 12.3. The molecule has 0 amide bonds. The molecule has 0 aliphatic heterocycles. The summed E-state index contributed by atoms with van der Waals surface area (Å²) in [6, 6.07) is 0. The summed E-state index contributed by atoms with van der Waals surface area (Å²) < 4.78 is 10.3. The van der Waals surface area contributed by atoms with E-state index in [1.165, 1.54) is 44.4 Å². The Bertz CT molecular complexity index is 230. The predicted molar refractivity (Wildman–Crippen MR) is 67.5 cm³/mol. The monoisotopic (exact) mass is 240 g/mol. The maximum atomic E-state index is 11.2. The molecule has 0 aromatic rings. The molecule has 0 spiro atoms. The summed E-state index contributed by atoms with van der Waals surface area (Å²) in [6.07, 6.45) is 11.3. The fourth-order valence-corrected chi connectivity index (χ4v) is 2.01. The van der Waals surface area contributed by atoms with Crippen molar-refractivity contribution in [3.63, 3.8) is 0 Å². The molecule has 0 N–H and O–H groups in total. The molecule has 0 atom stereocenters. The third-order valence-corrected chi connectivity index (χ3v) is 3.10. The number of carbonyl (C=O) groups is 1. The van der Waals surface area contributed by atoms with Crippen molar-refractivity contribution in [2.75, 3.05) is 13.2 Å². The summed E-state index contributed by atoms with van der Waals surface area (Å²) in [4.78, 5) is 11.2. The maximum absolute atomic E-state index is 11.2. The smallest absolute Gasteiger partial charge is 0.333 e. The van der Waals surface area contributed by atoms with Gasteiger partial charge in [0, 0.05) is 0 Å². The van der Waals surface area contributed by atoms with Crippen molar-refractivity contribution in [3.05, 3.63) is 12.3 Å². The highest BCUT2D eigenvalue weighted by molar-refractivity contribution is 5.81. The molecule has 0 unspecified atom stereocenters. The van der Waals surface area contributed by atoms with E-state index >= 15 is 0 Å². The van der Waals surface area contributed by atoms with E-state index in [2.05, 4.69) is 6.92 Å². The first-order valence-electron chi connectivity index (χ1n) is 6.78. The van der Waals surface area contributed by atoms with Gasteiger partial charge in [-0.2, -0.15) is 0 Å². The van der Waals surface area contributed by atoms with E-state index in [0.29, 0.717) is 12.5 Å². The van der Waals surface area contributed by atoms with Crippen molar-refractivity contribution in [3.8, 4) is 0 Å².